The molecular formula is C11H13F2NO. The van der Waals surface area contributed by atoms with Gasteiger partial charge in [0, 0.05) is 12.1 Å². The average molecular weight is 213 g/mol. The lowest BCUT2D eigenvalue weighted by Gasteiger charge is -2.31. The van der Waals surface area contributed by atoms with Crippen LogP contribution in [0.15, 0.2) is 18.2 Å². The van der Waals surface area contributed by atoms with Crippen molar-refractivity contribution in [3.05, 3.63) is 29.3 Å². The summed E-state index contributed by atoms with van der Waals surface area (Å²) < 4.78 is 25.0. The van der Waals surface area contributed by atoms with E-state index in [9.17, 15) is 13.9 Å². The average Bonchev–Trinajstić information content (AvgIpc) is 2.15. The molecule has 82 valence electrons. The lowest BCUT2D eigenvalue weighted by Crippen LogP contribution is -2.44. The van der Waals surface area contributed by atoms with Gasteiger partial charge < -0.3 is 10.4 Å². The zero-order valence-corrected chi connectivity index (χ0v) is 8.37. The van der Waals surface area contributed by atoms with Crippen LogP contribution >= 0.6 is 0 Å². The zero-order valence-electron chi connectivity index (χ0n) is 8.37. The fourth-order valence-corrected chi connectivity index (χ4v) is 1.89. The van der Waals surface area contributed by atoms with Gasteiger partial charge in [-0.3, -0.25) is 0 Å². The molecule has 0 aliphatic carbocycles. The number of aryl methyl sites for hydroxylation is 1. The summed E-state index contributed by atoms with van der Waals surface area (Å²) in [5, 5.41) is 12.2. The Morgan fingerprint density at radius 3 is 2.87 bits per heavy atom. The smallest absolute Gasteiger partial charge is 0.260 e. The third kappa shape index (κ3) is 1.95. The number of nitrogens with one attached hydrogen (secondary N) is 1. The molecule has 0 bridgehead atoms. The summed E-state index contributed by atoms with van der Waals surface area (Å²) in [5.41, 5.74) is 2.67. The van der Waals surface area contributed by atoms with Crippen molar-refractivity contribution in [2.24, 2.45) is 0 Å². The van der Waals surface area contributed by atoms with Crippen LogP contribution in [-0.4, -0.2) is 23.7 Å². The molecule has 1 aliphatic rings. The summed E-state index contributed by atoms with van der Waals surface area (Å²) in [6.07, 6.45) is -3.27. The molecule has 2 unspecified atom stereocenters. The van der Waals surface area contributed by atoms with E-state index in [-0.39, 0.29) is 0 Å². The summed E-state index contributed by atoms with van der Waals surface area (Å²) in [5.74, 6) is 0. The first-order chi connectivity index (χ1) is 7.08. The number of hydrogen-bond donors (Lipinski definition) is 2. The molecule has 1 aliphatic heterocycles. The number of benzene rings is 1. The molecule has 15 heavy (non-hydrogen) atoms. The Balaban J connectivity index is 2.29. The highest BCUT2D eigenvalue weighted by atomic mass is 19.3. The quantitative estimate of drug-likeness (QED) is 0.747. The number of fused-ring (bicyclic) bond motifs is 1. The Kier molecular flexibility index (Phi) is 2.61. The lowest BCUT2D eigenvalue weighted by atomic mass is 9.94. The maximum atomic E-state index is 12.5. The zero-order chi connectivity index (χ0) is 11.0. The van der Waals surface area contributed by atoms with Crippen LogP contribution in [0.5, 0.6) is 0 Å². The molecule has 0 saturated heterocycles. The molecular weight excluding hydrogens is 200 g/mol. The lowest BCUT2D eigenvalue weighted by molar-refractivity contribution is 0.0426. The molecule has 4 heteroatoms. The number of aliphatic hydroxyl groups excluding tert-OH is 1. The Bertz CT molecular complexity index is 368. The van der Waals surface area contributed by atoms with Crippen molar-refractivity contribution >= 4 is 5.69 Å². The van der Waals surface area contributed by atoms with Gasteiger partial charge in [0.25, 0.3) is 6.43 Å². The molecule has 2 N–H and O–H groups in total. The second kappa shape index (κ2) is 3.77. The maximum Gasteiger partial charge on any atom is 0.260 e. The molecule has 0 spiro atoms. The van der Waals surface area contributed by atoms with Gasteiger partial charge in [-0.2, -0.15) is 0 Å². The largest absolute Gasteiger partial charge is 0.390 e. The summed E-state index contributed by atoms with van der Waals surface area (Å²) in [7, 11) is 0. The normalized spacial score (nSPS) is 24.9. The van der Waals surface area contributed by atoms with Crippen molar-refractivity contribution < 1.29 is 13.9 Å². The number of halogens is 2. The van der Waals surface area contributed by atoms with Crippen LogP contribution in [0.3, 0.4) is 0 Å². The van der Waals surface area contributed by atoms with Gasteiger partial charge in [0.2, 0.25) is 0 Å². The molecule has 1 aromatic carbocycles. The third-order valence-corrected chi connectivity index (χ3v) is 2.70. The van der Waals surface area contributed by atoms with Crippen molar-refractivity contribution in [1.82, 2.24) is 0 Å². The third-order valence-electron chi connectivity index (χ3n) is 2.70. The van der Waals surface area contributed by atoms with E-state index in [1.54, 1.807) is 6.07 Å². The van der Waals surface area contributed by atoms with Crippen LogP contribution in [0.25, 0.3) is 0 Å². The van der Waals surface area contributed by atoms with Crippen molar-refractivity contribution in [3.63, 3.8) is 0 Å². The number of anilines is 1. The first kappa shape index (κ1) is 10.4. The van der Waals surface area contributed by atoms with Crippen LogP contribution in [0.1, 0.15) is 11.1 Å². The van der Waals surface area contributed by atoms with Crippen molar-refractivity contribution in [2.45, 2.75) is 31.9 Å². The van der Waals surface area contributed by atoms with Gasteiger partial charge in [-0.05, 0) is 18.6 Å². The van der Waals surface area contributed by atoms with E-state index in [1.807, 2.05) is 19.1 Å². The molecule has 1 heterocycles. The molecule has 2 nitrogen and oxygen atoms in total. The van der Waals surface area contributed by atoms with Gasteiger partial charge in [-0.25, -0.2) is 8.78 Å². The van der Waals surface area contributed by atoms with Gasteiger partial charge >= 0.3 is 0 Å². The van der Waals surface area contributed by atoms with E-state index in [0.29, 0.717) is 12.1 Å². The fraction of sp³-hybridized carbons (Fsp3) is 0.455. The topological polar surface area (TPSA) is 32.3 Å². The van der Waals surface area contributed by atoms with E-state index in [2.05, 4.69) is 5.32 Å². The van der Waals surface area contributed by atoms with E-state index in [4.69, 9.17) is 0 Å². The summed E-state index contributed by atoms with van der Waals surface area (Å²) in [4.78, 5) is 0. The number of aliphatic hydroxyl groups is 1. The highest BCUT2D eigenvalue weighted by molar-refractivity contribution is 5.56. The van der Waals surface area contributed by atoms with Gasteiger partial charge in [0.1, 0.15) is 6.04 Å². The van der Waals surface area contributed by atoms with Gasteiger partial charge in [-0.1, -0.05) is 17.7 Å². The predicted octanol–water partition coefficient (Wildman–Crippen LogP) is 1.96. The molecule has 0 aromatic heterocycles. The van der Waals surface area contributed by atoms with Gasteiger partial charge in [0.05, 0.1) is 6.10 Å². The predicted molar refractivity (Wildman–Crippen MR) is 54.3 cm³/mol. The van der Waals surface area contributed by atoms with Gasteiger partial charge in [-0.15, -0.1) is 0 Å². The standard InChI is InChI=1S/C11H13F2NO/c1-6-2-3-8-7(4-6)5-9(15)10(14-8)11(12)13/h2-4,9-11,14-15H,5H2,1H3. The van der Waals surface area contributed by atoms with Crippen molar-refractivity contribution in [2.75, 3.05) is 5.32 Å². The highest BCUT2D eigenvalue weighted by Gasteiger charge is 2.32. The van der Waals surface area contributed by atoms with Crippen LogP contribution < -0.4 is 5.32 Å². The van der Waals surface area contributed by atoms with Gasteiger partial charge in [0.15, 0.2) is 0 Å². The minimum atomic E-state index is -2.55. The Morgan fingerprint density at radius 2 is 2.20 bits per heavy atom. The van der Waals surface area contributed by atoms with E-state index >= 15 is 0 Å². The first-order valence-electron chi connectivity index (χ1n) is 4.90. The Labute approximate surface area is 86.9 Å². The number of alkyl halides is 2. The second-order valence-electron chi connectivity index (χ2n) is 3.94. The maximum absolute atomic E-state index is 12.5. The second-order valence-corrected chi connectivity index (χ2v) is 3.94. The Morgan fingerprint density at radius 1 is 1.47 bits per heavy atom. The molecule has 1 aromatic rings. The molecule has 0 fully saturated rings. The van der Waals surface area contributed by atoms with Crippen LogP contribution in [0.2, 0.25) is 0 Å². The Hall–Kier alpha value is -1.16. The summed E-state index contributed by atoms with van der Waals surface area (Å²) >= 11 is 0. The molecule has 0 saturated carbocycles. The van der Waals surface area contributed by atoms with Crippen LogP contribution in [0.4, 0.5) is 14.5 Å². The van der Waals surface area contributed by atoms with Crippen molar-refractivity contribution in [1.29, 1.82) is 0 Å². The van der Waals surface area contributed by atoms with E-state index in [1.165, 1.54) is 0 Å². The summed E-state index contributed by atoms with van der Waals surface area (Å²) in [6, 6.07) is 4.41. The molecule has 2 rings (SSSR count). The van der Waals surface area contributed by atoms with E-state index < -0.39 is 18.6 Å². The fourth-order valence-electron chi connectivity index (χ4n) is 1.89. The molecule has 0 radical (unpaired) electrons. The van der Waals surface area contributed by atoms with Crippen LogP contribution in [0, 0.1) is 6.92 Å². The summed E-state index contributed by atoms with van der Waals surface area (Å²) in [6.45, 7) is 1.94. The van der Waals surface area contributed by atoms with Crippen molar-refractivity contribution in [3.8, 4) is 0 Å². The monoisotopic (exact) mass is 213 g/mol. The SMILES string of the molecule is Cc1ccc2c(c1)CC(O)C(C(F)F)N2. The molecule has 0 amide bonds. The highest BCUT2D eigenvalue weighted by Crippen LogP contribution is 2.28. The van der Waals surface area contributed by atoms with Crippen LogP contribution in [-0.2, 0) is 6.42 Å². The minimum Gasteiger partial charge on any atom is -0.390 e. The molecule has 2 atom stereocenters. The number of rotatable bonds is 1. The minimum absolute atomic E-state index is 0.291. The first-order valence-corrected chi connectivity index (χ1v) is 4.90. The number of hydrogen-bond acceptors (Lipinski definition) is 2. The van der Waals surface area contributed by atoms with E-state index in [0.717, 1.165) is 11.1 Å².